The van der Waals surface area contributed by atoms with E-state index in [0.29, 0.717) is 24.7 Å². The lowest BCUT2D eigenvalue weighted by molar-refractivity contribution is 0.284. The zero-order valence-electron chi connectivity index (χ0n) is 13.6. The van der Waals surface area contributed by atoms with Crippen LogP contribution in [0.15, 0.2) is 18.2 Å². The molecule has 1 aromatic carbocycles. The predicted molar refractivity (Wildman–Crippen MR) is 88.7 cm³/mol. The normalized spacial score (nSPS) is 18.0. The number of rotatable bonds is 8. The summed E-state index contributed by atoms with van der Waals surface area (Å²) >= 11 is 0. The molecule has 124 valence electrons. The fourth-order valence-corrected chi connectivity index (χ4v) is 2.92. The van der Waals surface area contributed by atoms with Gasteiger partial charge in [-0.25, -0.2) is 8.60 Å². The highest BCUT2D eigenvalue weighted by Crippen LogP contribution is 2.35. The SMILES string of the molecule is CC[C@H](CC(C)(C)S(N)=O)c1ccc(F)c(OCC2CC2)c1. The van der Waals surface area contributed by atoms with Crippen molar-refractivity contribution >= 4 is 11.0 Å². The fraction of sp³-hybridized carbons (Fsp3) is 0.647. The average Bonchev–Trinajstić information content (AvgIpc) is 3.28. The Bertz CT molecular complexity index is 543. The second-order valence-electron chi connectivity index (χ2n) is 6.81. The number of ether oxygens (including phenoxy) is 1. The molecule has 0 aliphatic heterocycles. The molecule has 0 spiro atoms. The largest absolute Gasteiger partial charge is 0.490 e. The van der Waals surface area contributed by atoms with Gasteiger partial charge >= 0.3 is 0 Å². The van der Waals surface area contributed by atoms with Gasteiger partial charge in [0.2, 0.25) is 0 Å². The highest BCUT2D eigenvalue weighted by atomic mass is 32.2. The third kappa shape index (κ3) is 4.53. The summed E-state index contributed by atoms with van der Waals surface area (Å²) in [4.78, 5) is 0. The summed E-state index contributed by atoms with van der Waals surface area (Å²) in [6.07, 6.45) is 3.93. The lowest BCUT2D eigenvalue weighted by Gasteiger charge is -2.27. The molecule has 3 nitrogen and oxygen atoms in total. The highest BCUT2D eigenvalue weighted by molar-refractivity contribution is 7.84. The van der Waals surface area contributed by atoms with Gasteiger partial charge < -0.3 is 4.74 Å². The average molecular weight is 327 g/mol. The van der Waals surface area contributed by atoms with Crippen LogP contribution in [0.3, 0.4) is 0 Å². The third-order valence-corrected chi connectivity index (χ3v) is 5.63. The zero-order valence-corrected chi connectivity index (χ0v) is 14.4. The Hall–Kier alpha value is -0.940. The van der Waals surface area contributed by atoms with Crippen LogP contribution in [0, 0.1) is 11.7 Å². The maximum absolute atomic E-state index is 13.9. The molecule has 1 aromatic rings. The molecule has 1 aliphatic rings. The quantitative estimate of drug-likeness (QED) is 0.787. The molecular formula is C17H26FNO2S. The van der Waals surface area contributed by atoms with Gasteiger partial charge in [-0.1, -0.05) is 13.0 Å². The van der Waals surface area contributed by atoms with Crippen molar-refractivity contribution in [2.24, 2.45) is 11.1 Å². The minimum Gasteiger partial charge on any atom is -0.490 e. The second kappa shape index (κ2) is 7.09. The molecule has 22 heavy (non-hydrogen) atoms. The number of benzene rings is 1. The minimum absolute atomic E-state index is 0.186. The van der Waals surface area contributed by atoms with Gasteiger partial charge in [0, 0.05) is 0 Å². The number of hydrogen-bond donors (Lipinski definition) is 1. The van der Waals surface area contributed by atoms with Crippen LogP contribution in [0.1, 0.15) is 57.9 Å². The third-order valence-electron chi connectivity index (χ3n) is 4.37. The van der Waals surface area contributed by atoms with Gasteiger partial charge in [0.05, 0.1) is 22.3 Å². The Balaban J connectivity index is 2.13. The lowest BCUT2D eigenvalue weighted by Crippen LogP contribution is -2.33. The van der Waals surface area contributed by atoms with E-state index in [1.807, 2.05) is 13.8 Å². The van der Waals surface area contributed by atoms with E-state index < -0.39 is 15.7 Å². The lowest BCUT2D eigenvalue weighted by atomic mass is 9.88. The van der Waals surface area contributed by atoms with E-state index in [-0.39, 0.29) is 11.7 Å². The van der Waals surface area contributed by atoms with E-state index in [1.165, 1.54) is 18.9 Å². The van der Waals surface area contributed by atoms with Gasteiger partial charge in [-0.15, -0.1) is 0 Å². The van der Waals surface area contributed by atoms with Gasteiger partial charge in [-0.2, -0.15) is 0 Å². The maximum Gasteiger partial charge on any atom is 0.165 e. The van der Waals surface area contributed by atoms with Gasteiger partial charge in [-0.05, 0) is 69.1 Å². The molecule has 0 heterocycles. The topological polar surface area (TPSA) is 52.3 Å². The molecule has 2 rings (SSSR count). The molecule has 2 N–H and O–H groups in total. The van der Waals surface area contributed by atoms with Crippen molar-refractivity contribution in [3.05, 3.63) is 29.6 Å². The summed E-state index contributed by atoms with van der Waals surface area (Å²) in [5.41, 5.74) is 1.02. The monoisotopic (exact) mass is 327 g/mol. The van der Waals surface area contributed by atoms with E-state index in [1.54, 1.807) is 12.1 Å². The van der Waals surface area contributed by atoms with E-state index in [9.17, 15) is 8.60 Å². The Morgan fingerprint density at radius 3 is 2.68 bits per heavy atom. The van der Waals surface area contributed by atoms with Crippen molar-refractivity contribution < 1.29 is 13.3 Å². The first-order chi connectivity index (χ1) is 10.3. The van der Waals surface area contributed by atoms with Crippen LogP contribution in [0.25, 0.3) is 0 Å². The second-order valence-corrected chi connectivity index (χ2v) is 8.51. The Kier molecular flexibility index (Phi) is 5.61. The van der Waals surface area contributed by atoms with Gasteiger partial charge in [0.25, 0.3) is 0 Å². The molecule has 2 atom stereocenters. The number of halogens is 1. The summed E-state index contributed by atoms with van der Waals surface area (Å²) in [5, 5.41) is 5.58. The van der Waals surface area contributed by atoms with Crippen LogP contribution < -0.4 is 9.88 Å². The van der Waals surface area contributed by atoms with Crippen molar-refractivity contribution in [1.29, 1.82) is 0 Å². The van der Waals surface area contributed by atoms with E-state index in [2.05, 4.69) is 6.92 Å². The van der Waals surface area contributed by atoms with Crippen molar-refractivity contribution in [3.63, 3.8) is 0 Å². The first-order valence-electron chi connectivity index (χ1n) is 7.92. The van der Waals surface area contributed by atoms with Crippen LogP contribution in [0.2, 0.25) is 0 Å². The molecular weight excluding hydrogens is 301 g/mol. The van der Waals surface area contributed by atoms with Crippen molar-refractivity contribution in [2.75, 3.05) is 6.61 Å². The van der Waals surface area contributed by atoms with Crippen LogP contribution >= 0.6 is 0 Å². The van der Waals surface area contributed by atoms with Crippen LogP contribution in [0.4, 0.5) is 4.39 Å². The van der Waals surface area contributed by atoms with Gasteiger partial charge in [0.1, 0.15) is 0 Å². The zero-order chi connectivity index (χ0) is 16.3. The summed E-state index contributed by atoms with van der Waals surface area (Å²) < 4.78 is 30.7. The molecule has 1 saturated carbocycles. The first-order valence-corrected chi connectivity index (χ1v) is 9.13. The molecule has 0 amide bonds. The van der Waals surface area contributed by atoms with Gasteiger partial charge in [-0.3, -0.25) is 5.14 Å². The highest BCUT2D eigenvalue weighted by Gasteiger charge is 2.28. The van der Waals surface area contributed by atoms with Crippen molar-refractivity contribution in [3.8, 4) is 5.75 Å². The summed E-state index contributed by atoms with van der Waals surface area (Å²) in [7, 11) is -1.39. The molecule has 1 fully saturated rings. The number of nitrogens with two attached hydrogens (primary N) is 1. The van der Waals surface area contributed by atoms with E-state index in [4.69, 9.17) is 9.88 Å². The van der Waals surface area contributed by atoms with Crippen molar-refractivity contribution in [1.82, 2.24) is 0 Å². The molecule has 0 saturated heterocycles. The number of hydrogen-bond acceptors (Lipinski definition) is 2. The molecule has 0 aromatic heterocycles. The van der Waals surface area contributed by atoms with Crippen LogP contribution in [0.5, 0.6) is 5.75 Å². The Morgan fingerprint density at radius 2 is 2.14 bits per heavy atom. The van der Waals surface area contributed by atoms with Gasteiger partial charge in [0.15, 0.2) is 11.6 Å². The molecule has 0 bridgehead atoms. The maximum atomic E-state index is 13.9. The summed E-state index contributed by atoms with van der Waals surface area (Å²) in [5.74, 6) is 0.783. The first kappa shape index (κ1) is 17.4. The molecule has 5 heteroatoms. The molecule has 1 unspecified atom stereocenters. The molecule has 1 aliphatic carbocycles. The van der Waals surface area contributed by atoms with E-state index >= 15 is 0 Å². The van der Waals surface area contributed by atoms with Crippen LogP contribution in [-0.4, -0.2) is 15.6 Å². The standard InChI is InChI=1S/C17H26FNO2S/c1-4-13(10-17(2,3)22(19)20)14-7-8-15(18)16(9-14)21-11-12-5-6-12/h7-9,12-13H,4-6,10-11,19H2,1-3H3/t13-,22?/m1/s1. The summed E-state index contributed by atoms with van der Waals surface area (Å²) in [6.45, 7) is 6.48. The van der Waals surface area contributed by atoms with Crippen molar-refractivity contribution in [2.45, 2.75) is 57.1 Å². The fourth-order valence-electron chi connectivity index (χ4n) is 2.55. The Morgan fingerprint density at radius 1 is 1.45 bits per heavy atom. The van der Waals surface area contributed by atoms with E-state index in [0.717, 1.165) is 12.0 Å². The summed E-state index contributed by atoms with van der Waals surface area (Å²) in [6, 6.07) is 5.05. The van der Waals surface area contributed by atoms with Crippen LogP contribution in [-0.2, 0) is 11.0 Å². The Labute approximate surface area is 135 Å². The smallest absolute Gasteiger partial charge is 0.165 e. The predicted octanol–water partition coefficient (Wildman–Crippen LogP) is 3.90. The minimum atomic E-state index is -1.39. The molecule has 0 radical (unpaired) electrons.